The fourth-order valence-corrected chi connectivity index (χ4v) is 5.05. The van der Waals surface area contributed by atoms with Crippen LogP contribution in [0, 0.1) is 23.4 Å². The van der Waals surface area contributed by atoms with Crippen molar-refractivity contribution in [3.05, 3.63) is 83.2 Å². The third kappa shape index (κ3) is 5.01. The van der Waals surface area contributed by atoms with Crippen molar-refractivity contribution in [1.29, 1.82) is 0 Å². The summed E-state index contributed by atoms with van der Waals surface area (Å²) in [5.41, 5.74) is -0.842. The van der Waals surface area contributed by atoms with E-state index in [-0.39, 0.29) is 27.8 Å². The van der Waals surface area contributed by atoms with Crippen LogP contribution in [0.2, 0.25) is 0 Å². The number of allylic oxidation sites excluding steroid dienone is 2. The summed E-state index contributed by atoms with van der Waals surface area (Å²) in [4.78, 5) is 0. The topological polar surface area (TPSA) is 0 Å². The lowest BCUT2D eigenvalue weighted by atomic mass is 9.77. The van der Waals surface area contributed by atoms with E-state index < -0.39 is 29.2 Å². The standard InChI is InChI=1S/C28H26F6/c1-2-3-4-5-17-6-8-18(9-7-17)21-15-24(29)26(25(30)16-21)20-10-12-22-19(14-20)11-13-23(27(22)31)28(32,33)34/h2-3,10-18H,4-9H2,1H3/b3-2+. The molecule has 1 fully saturated rings. The third-order valence-corrected chi connectivity index (χ3v) is 6.91. The first-order valence-electron chi connectivity index (χ1n) is 11.6. The fourth-order valence-electron chi connectivity index (χ4n) is 5.05. The van der Waals surface area contributed by atoms with Gasteiger partial charge in [0.25, 0.3) is 0 Å². The van der Waals surface area contributed by atoms with Crippen LogP contribution in [0.1, 0.15) is 62.5 Å². The van der Waals surface area contributed by atoms with E-state index in [1.807, 2.05) is 13.0 Å². The van der Waals surface area contributed by atoms with E-state index in [4.69, 9.17) is 0 Å². The zero-order chi connectivity index (χ0) is 24.5. The van der Waals surface area contributed by atoms with Gasteiger partial charge in [-0.1, -0.05) is 30.4 Å². The highest BCUT2D eigenvalue weighted by atomic mass is 19.4. The maximum Gasteiger partial charge on any atom is 0.419 e. The van der Waals surface area contributed by atoms with Gasteiger partial charge in [0, 0.05) is 5.39 Å². The highest BCUT2D eigenvalue weighted by Gasteiger charge is 2.34. The molecule has 6 heteroatoms. The number of rotatable bonds is 5. The van der Waals surface area contributed by atoms with Gasteiger partial charge >= 0.3 is 6.18 Å². The highest BCUT2D eigenvalue weighted by molar-refractivity contribution is 5.88. The molecule has 1 aliphatic rings. The normalized spacial score (nSPS) is 19.3. The lowest BCUT2D eigenvalue weighted by molar-refractivity contribution is -0.139. The average Bonchev–Trinajstić information content (AvgIpc) is 2.78. The fraction of sp³-hybridized carbons (Fsp3) is 0.357. The molecule has 0 amide bonds. The first-order valence-corrected chi connectivity index (χ1v) is 11.6. The van der Waals surface area contributed by atoms with Gasteiger partial charge in [0.05, 0.1) is 11.1 Å². The molecule has 3 aromatic rings. The van der Waals surface area contributed by atoms with Crippen LogP contribution in [0.5, 0.6) is 0 Å². The molecule has 0 N–H and O–H groups in total. The summed E-state index contributed by atoms with van der Waals surface area (Å²) in [5, 5.41) is -0.107. The van der Waals surface area contributed by atoms with Gasteiger partial charge in [0.2, 0.25) is 0 Å². The minimum atomic E-state index is -4.82. The van der Waals surface area contributed by atoms with E-state index >= 15 is 8.78 Å². The quantitative estimate of drug-likeness (QED) is 0.254. The molecule has 1 aliphatic carbocycles. The first-order chi connectivity index (χ1) is 16.2. The molecular weight excluding hydrogens is 450 g/mol. The van der Waals surface area contributed by atoms with E-state index in [9.17, 15) is 17.6 Å². The second kappa shape index (κ2) is 9.85. The molecule has 0 aliphatic heterocycles. The summed E-state index contributed by atoms with van der Waals surface area (Å²) >= 11 is 0. The molecule has 1 saturated carbocycles. The molecule has 0 spiro atoms. The highest BCUT2D eigenvalue weighted by Crippen LogP contribution is 2.40. The molecule has 34 heavy (non-hydrogen) atoms. The molecular formula is C28H26F6. The van der Waals surface area contributed by atoms with Crippen LogP contribution < -0.4 is 0 Å². The summed E-state index contributed by atoms with van der Waals surface area (Å²) < 4.78 is 83.4. The van der Waals surface area contributed by atoms with Crippen molar-refractivity contribution >= 4 is 10.8 Å². The van der Waals surface area contributed by atoms with Crippen LogP contribution in [0.25, 0.3) is 21.9 Å². The Morgan fingerprint density at radius 3 is 2.18 bits per heavy atom. The van der Waals surface area contributed by atoms with Gasteiger partial charge in [-0.3, -0.25) is 0 Å². The van der Waals surface area contributed by atoms with E-state index in [0.29, 0.717) is 17.5 Å². The maximum atomic E-state index is 15.1. The Labute approximate surface area is 195 Å². The summed E-state index contributed by atoms with van der Waals surface area (Å²) in [6.07, 6.45) is 5.40. The minimum Gasteiger partial charge on any atom is -0.206 e. The molecule has 3 aromatic carbocycles. The largest absolute Gasteiger partial charge is 0.419 e. The van der Waals surface area contributed by atoms with Gasteiger partial charge in [-0.25, -0.2) is 13.2 Å². The van der Waals surface area contributed by atoms with E-state index in [2.05, 4.69) is 6.08 Å². The number of fused-ring (bicyclic) bond motifs is 1. The van der Waals surface area contributed by atoms with Crippen LogP contribution in [-0.2, 0) is 6.18 Å². The molecule has 0 nitrogen and oxygen atoms in total. The van der Waals surface area contributed by atoms with Crippen LogP contribution in [0.3, 0.4) is 0 Å². The second-order valence-electron chi connectivity index (χ2n) is 9.08. The lowest BCUT2D eigenvalue weighted by Gasteiger charge is -2.29. The van der Waals surface area contributed by atoms with Gasteiger partial charge in [-0.2, -0.15) is 13.2 Å². The first kappa shape index (κ1) is 24.4. The SMILES string of the molecule is C/C=C/CCC1CCC(c2cc(F)c(-c3ccc4c(F)c(C(F)(F)F)ccc4c3)c(F)c2)CC1. The lowest BCUT2D eigenvalue weighted by Crippen LogP contribution is -2.14. The van der Waals surface area contributed by atoms with Crippen LogP contribution in [0.15, 0.2) is 54.6 Å². The number of benzene rings is 3. The molecule has 0 aromatic heterocycles. The van der Waals surface area contributed by atoms with Crippen LogP contribution in [0.4, 0.5) is 26.3 Å². The monoisotopic (exact) mass is 476 g/mol. The van der Waals surface area contributed by atoms with Crippen molar-refractivity contribution in [2.75, 3.05) is 0 Å². The number of halogens is 6. The van der Waals surface area contributed by atoms with E-state index in [1.54, 1.807) is 0 Å². The van der Waals surface area contributed by atoms with Crippen LogP contribution >= 0.6 is 0 Å². The Bertz CT molecular complexity index is 1180. The molecule has 0 unspecified atom stereocenters. The Balaban J connectivity index is 1.58. The molecule has 0 atom stereocenters. The van der Waals surface area contributed by atoms with Crippen molar-refractivity contribution in [3.8, 4) is 11.1 Å². The Morgan fingerprint density at radius 2 is 1.56 bits per heavy atom. The van der Waals surface area contributed by atoms with E-state index in [1.165, 1.54) is 24.3 Å². The number of hydrogen-bond donors (Lipinski definition) is 0. The molecule has 0 radical (unpaired) electrons. The van der Waals surface area contributed by atoms with Gasteiger partial charge in [-0.15, -0.1) is 0 Å². The average molecular weight is 477 g/mol. The molecule has 4 rings (SSSR count). The van der Waals surface area contributed by atoms with Crippen molar-refractivity contribution in [2.45, 2.75) is 57.5 Å². The Hall–Kier alpha value is -2.76. The van der Waals surface area contributed by atoms with Crippen molar-refractivity contribution in [1.82, 2.24) is 0 Å². The Morgan fingerprint density at radius 1 is 0.882 bits per heavy atom. The zero-order valence-corrected chi connectivity index (χ0v) is 18.9. The van der Waals surface area contributed by atoms with Crippen molar-refractivity contribution < 1.29 is 26.3 Å². The number of alkyl halides is 3. The van der Waals surface area contributed by atoms with Gasteiger partial charge in [0.15, 0.2) is 0 Å². The van der Waals surface area contributed by atoms with Gasteiger partial charge in [-0.05, 0) is 98.1 Å². The summed E-state index contributed by atoms with van der Waals surface area (Å²) in [6.45, 7) is 2.00. The zero-order valence-electron chi connectivity index (χ0n) is 18.9. The minimum absolute atomic E-state index is 0.0995. The summed E-state index contributed by atoms with van der Waals surface area (Å²) in [7, 11) is 0. The van der Waals surface area contributed by atoms with Crippen molar-refractivity contribution in [3.63, 3.8) is 0 Å². The van der Waals surface area contributed by atoms with Gasteiger partial charge < -0.3 is 0 Å². The molecule has 180 valence electrons. The maximum absolute atomic E-state index is 15.1. The predicted octanol–water partition coefficient (Wildman–Crippen LogP) is 9.57. The summed E-state index contributed by atoms with van der Waals surface area (Å²) in [5.74, 6) is -2.11. The van der Waals surface area contributed by atoms with Gasteiger partial charge in [0.1, 0.15) is 17.5 Å². The smallest absolute Gasteiger partial charge is 0.206 e. The van der Waals surface area contributed by atoms with E-state index in [0.717, 1.165) is 50.7 Å². The van der Waals surface area contributed by atoms with Crippen molar-refractivity contribution in [2.24, 2.45) is 5.92 Å². The van der Waals surface area contributed by atoms with Crippen LogP contribution in [-0.4, -0.2) is 0 Å². The third-order valence-electron chi connectivity index (χ3n) is 6.91. The number of hydrogen-bond acceptors (Lipinski definition) is 0. The Kier molecular flexibility index (Phi) is 7.06. The predicted molar refractivity (Wildman–Crippen MR) is 123 cm³/mol. The second-order valence-corrected chi connectivity index (χ2v) is 9.08. The molecule has 0 heterocycles. The summed E-state index contributed by atoms with van der Waals surface area (Å²) in [6, 6.07) is 8.19. The molecule has 0 bridgehead atoms. The molecule has 0 saturated heterocycles.